The SMILES string of the molecule is COc1cc(C=NNC(=O)CC(=O)Nc2ccc(C)cc2C)cc(Br)c1OCc1ccccc1Cl. The number of anilines is 1. The summed E-state index contributed by atoms with van der Waals surface area (Å²) in [6.07, 6.45) is 1.09. The van der Waals surface area contributed by atoms with Crippen molar-refractivity contribution in [1.29, 1.82) is 0 Å². The lowest BCUT2D eigenvalue weighted by atomic mass is 10.1. The average molecular weight is 559 g/mol. The molecular formula is C26H25BrClN3O4. The molecule has 0 spiro atoms. The molecule has 3 aromatic rings. The number of hydrogen-bond donors (Lipinski definition) is 2. The molecule has 0 aliphatic heterocycles. The van der Waals surface area contributed by atoms with Crippen molar-refractivity contribution < 1.29 is 19.1 Å². The number of hydrogen-bond acceptors (Lipinski definition) is 5. The van der Waals surface area contributed by atoms with Crippen molar-refractivity contribution in [2.45, 2.75) is 26.9 Å². The summed E-state index contributed by atoms with van der Waals surface area (Å²) in [7, 11) is 1.53. The number of ether oxygens (including phenoxy) is 2. The summed E-state index contributed by atoms with van der Waals surface area (Å²) < 4.78 is 12.0. The summed E-state index contributed by atoms with van der Waals surface area (Å²) in [5.74, 6) is 0.0343. The van der Waals surface area contributed by atoms with Gasteiger partial charge in [-0.3, -0.25) is 9.59 Å². The maximum absolute atomic E-state index is 12.2. The van der Waals surface area contributed by atoms with Gasteiger partial charge in [-0.15, -0.1) is 0 Å². The number of hydrazone groups is 1. The first-order valence-corrected chi connectivity index (χ1v) is 11.9. The molecule has 0 fully saturated rings. The Balaban J connectivity index is 1.58. The van der Waals surface area contributed by atoms with Crippen molar-refractivity contribution >= 4 is 51.2 Å². The molecule has 0 aliphatic carbocycles. The Bertz CT molecular complexity index is 1260. The van der Waals surface area contributed by atoms with Crippen LogP contribution in [0.25, 0.3) is 0 Å². The number of carbonyl (C=O) groups is 2. The van der Waals surface area contributed by atoms with Crippen LogP contribution in [0, 0.1) is 13.8 Å². The third-order valence-corrected chi connectivity index (χ3v) is 5.92. The number of benzene rings is 3. The molecule has 35 heavy (non-hydrogen) atoms. The van der Waals surface area contributed by atoms with E-state index in [2.05, 4.69) is 31.8 Å². The molecule has 0 unspecified atom stereocenters. The van der Waals surface area contributed by atoms with Crippen LogP contribution < -0.4 is 20.2 Å². The van der Waals surface area contributed by atoms with Gasteiger partial charge in [-0.1, -0.05) is 47.5 Å². The van der Waals surface area contributed by atoms with Crippen LogP contribution in [0.4, 0.5) is 5.69 Å². The number of nitrogens with zero attached hydrogens (tertiary/aromatic N) is 1. The number of amides is 2. The molecule has 182 valence electrons. The molecule has 3 aromatic carbocycles. The Morgan fingerprint density at radius 2 is 1.86 bits per heavy atom. The molecule has 0 saturated carbocycles. The second-order valence-electron chi connectivity index (χ2n) is 7.75. The van der Waals surface area contributed by atoms with E-state index < -0.39 is 11.8 Å². The number of aryl methyl sites for hydroxylation is 2. The van der Waals surface area contributed by atoms with E-state index in [0.717, 1.165) is 16.7 Å². The van der Waals surface area contributed by atoms with Gasteiger partial charge in [0.2, 0.25) is 11.8 Å². The highest BCUT2D eigenvalue weighted by Crippen LogP contribution is 2.37. The van der Waals surface area contributed by atoms with Gasteiger partial charge in [0, 0.05) is 16.3 Å². The molecule has 0 saturated heterocycles. The van der Waals surface area contributed by atoms with E-state index in [1.54, 1.807) is 18.2 Å². The number of carbonyl (C=O) groups excluding carboxylic acids is 2. The van der Waals surface area contributed by atoms with Crippen molar-refractivity contribution in [2.24, 2.45) is 5.10 Å². The van der Waals surface area contributed by atoms with Gasteiger partial charge in [0.05, 0.1) is 17.8 Å². The smallest absolute Gasteiger partial charge is 0.249 e. The highest BCUT2D eigenvalue weighted by Gasteiger charge is 2.13. The molecular weight excluding hydrogens is 534 g/mol. The molecule has 9 heteroatoms. The Labute approximate surface area is 217 Å². The molecule has 0 radical (unpaired) electrons. The largest absolute Gasteiger partial charge is 0.493 e. The zero-order chi connectivity index (χ0) is 25.4. The van der Waals surface area contributed by atoms with Crippen molar-refractivity contribution in [3.05, 3.63) is 86.3 Å². The lowest BCUT2D eigenvalue weighted by Gasteiger charge is -2.14. The van der Waals surface area contributed by atoms with Gasteiger partial charge in [-0.25, -0.2) is 5.43 Å². The topological polar surface area (TPSA) is 89.0 Å². The minimum atomic E-state index is -0.533. The number of methoxy groups -OCH3 is 1. The summed E-state index contributed by atoms with van der Waals surface area (Å²) >= 11 is 9.68. The first-order valence-electron chi connectivity index (χ1n) is 10.7. The van der Waals surface area contributed by atoms with E-state index >= 15 is 0 Å². The summed E-state index contributed by atoms with van der Waals surface area (Å²) in [4.78, 5) is 24.3. The van der Waals surface area contributed by atoms with Gasteiger partial charge in [-0.05, 0) is 65.2 Å². The zero-order valence-corrected chi connectivity index (χ0v) is 21.9. The summed E-state index contributed by atoms with van der Waals surface area (Å²) in [5, 5.41) is 7.29. The second kappa shape index (κ2) is 12.4. The molecule has 3 rings (SSSR count). The summed E-state index contributed by atoms with van der Waals surface area (Å²) in [6.45, 7) is 4.13. The van der Waals surface area contributed by atoms with E-state index in [0.29, 0.717) is 32.2 Å². The third kappa shape index (κ3) is 7.56. The zero-order valence-electron chi connectivity index (χ0n) is 19.5. The highest BCUT2D eigenvalue weighted by molar-refractivity contribution is 9.10. The predicted molar refractivity (Wildman–Crippen MR) is 141 cm³/mol. The van der Waals surface area contributed by atoms with Gasteiger partial charge in [0.1, 0.15) is 13.0 Å². The van der Waals surface area contributed by atoms with Gasteiger partial charge in [0.15, 0.2) is 11.5 Å². The monoisotopic (exact) mass is 557 g/mol. The van der Waals surface area contributed by atoms with Crippen LogP contribution in [-0.2, 0) is 16.2 Å². The van der Waals surface area contributed by atoms with E-state index in [1.807, 2.05) is 50.2 Å². The lowest BCUT2D eigenvalue weighted by molar-refractivity contribution is -0.126. The molecule has 2 amide bonds. The number of halogens is 2. The fraction of sp³-hybridized carbons (Fsp3) is 0.192. The molecule has 0 aliphatic rings. The predicted octanol–water partition coefficient (Wildman–Crippen LogP) is 5.79. The molecule has 2 N–H and O–H groups in total. The van der Waals surface area contributed by atoms with Crippen LogP contribution in [0.2, 0.25) is 5.02 Å². The Morgan fingerprint density at radius 1 is 1.09 bits per heavy atom. The maximum atomic E-state index is 12.2. The van der Waals surface area contributed by atoms with Gasteiger partial charge >= 0.3 is 0 Å². The van der Waals surface area contributed by atoms with Crippen molar-refractivity contribution in [2.75, 3.05) is 12.4 Å². The van der Waals surface area contributed by atoms with Gasteiger partial charge in [0.25, 0.3) is 0 Å². The van der Waals surface area contributed by atoms with Crippen LogP contribution >= 0.6 is 27.5 Å². The van der Waals surface area contributed by atoms with Crippen LogP contribution in [0.15, 0.2) is 64.2 Å². The normalized spacial score (nSPS) is 10.8. The van der Waals surface area contributed by atoms with Crippen LogP contribution in [0.1, 0.15) is 28.7 Å². The Kier molecular flexibility index (Phi) is 9.28. The average Bonchev–Trinajstić information content (AvgIpc) is 2.81. The van der Waals surface area contributed by atoms with Crippen LogP contribution in [-0.4, -0.2) is 25.1 Å². The van der Waals surface area contributed by atoms with Crippen LogP contribution in [0.3, 0.4) is 0 Å². The van der Waals surface area contributed by atoms with Gasteiger partial charge < -0.3 is 14.8 Å². The molecule has 0 aromatic heterocycles. The van der Waals surface area contributed by atoms with E-state index in [1.165, 1.54) is 13.3 Å². The van der Waals surface area contributed by atoms with Crippen LogP contribution in [0.5, 0.6) is 11.5 Å². The van der Waals surface area contributed by atoms with Crippen molar-refractivity contribution in [1.82, 2.24) is 5.43 Å². The Morgan fingerprint density at radius 3 is 2.57 bits per heavy atom. The number of rotatable bonds is 9. The molecule has 0 bridgehead atoms. The third-order valence-electron chi connectivity index (χ3n) is 4.96. The lowest BCUT2D eigenvalue weighted by Crippen LogP contribution is -2.24. The van der Waals surface area contributed by atoms with E-state index in [-0.39, 0.29) is 13.0 Å². The second-order valence-corrected chi connectivity index (χ2v) is 9.01. The fourth-order valence-electron chi connectivity index (χ4n) is 3.23. The summed E-state index contributed by atoms with van der Waals surface area (Å²) in [6, 6.07) is 16.6. The number of nitrogens with one attached hydrogen (secondary N) is 2. The van der Waals surface area contributed by atoms with Gasteiger partial charge in [-0.2, -0.15) is 5.10 Å². The first-order chi connectivity index (χ1) is 16.8. The fourth-order valence-corrected chi connectivity index (χ4v) is 4.00. The first kappa shape index (κ1) is 26.2. The van der Waals surface area contributed by atoms with Crippen molar-refractivity contribution in [3.63, 3.8) is 0 Å². The summed E-state index contributed by atoms with van der Waals surface area (Å²) in [5.41, 5.74) is 6.55. The standard InChI is InChI=1S/C26H25BrClN3O4/c1-16-8-9-22(17(2)10-16)30-24(32)13-25(33)31-29-14-18-11-20(27)26(23(12-18)34-3)35-15-19-6-4-5-7-21(19)28/h4-12,14H,13,15H2,1-3H3,(H,30,32)(H,31,33). The van der Waals surface area contributed by atoms with E-state index in [4.69, 9.17) is 21.1 Å². The molecule has 7 nitrogen and oxygen atoms in total. The van der Waals surface area contributed by atoms with E-state index in [9.17, 15) is 9.59 Å². The Hall–Kier alpha value is -3.36. The maximum Gasteiger partial charge on any atom is 0.249 e. The minimum absolute atomic E-state index is 0.266. The molecule has 0 heterocycles. The molecule has 0 atom stereocenters. The quantitative estimate of drug-likeness (QED) is 0.198. The minimum Gasteiger partial charge on any atom is -0.493 e. The highest BCUT2D eigenvalue weighted by atomic mass is 79.9. The van der Waals surface area contributed by atoms with Crippen molar-refractivity contribution in [3.8, 4) is 11.5 Å².